The molecule has 0 atom stereocenters. The lowest BCUT2D eigenvalue weighted by molar-refractivity contribution is 0.0496. The van der Waals surface area contributed by atoms with Crippen molar-refractivity contribution in [3.8, 4) is 0 Å². The minimum Gasteiger partial charge on any atom is -0.333 e. The van der Waals surface area contributed by atoms with Crippen LogP contribution in [-0.4, -0.2) is 38.7 Å². The predicted octanol–water partition coefficient (Wildman–Crippen LogP) is 1.35. The smallest absolute Gasteiger partial charge is 0.273 e. The maximum Gasteiger partial charge on any atom is 0.273 e. The topological polar surface area (TPSA) is 51.0 Å². The third-order valence-corrected chi connectivity index (χ3v) is 3.66. The molecule has 5 nitrogen and oxygen atoms in total. The van der Waals surface area contributed by atoms with Crippen molar-refractivity contribution in [2.45, 2.75) is 13.0 Å². The number of aryl methyl sites for hydroxylation is 1. The Labute approximate surface area is 103 Å². The average molecular weight is 248 g/mol. The van der Waals surface area contributed by atoms with E-state index >= 15 is 0 Å². The summed E-state index contributed by atoms with van der Waals surface area (Å²) in [5, 5.41) is 6.92. The average Bonchev–Trinajstić information content (AvgIpc) is 2.86. The normalized spacial score (nSPS) is 15.9. The van der Waals surface area contributed by atoms with Gasteiger partial charge in [-0.2, -0.15) is 5.10 Å². The molecule has 0 aliphatic carbocycles. The van der Waals surface area contributed by atoms with E-state index in [1.165, 1.54) is 11.3 Å². The van der Waals surface area contributed by atoms with Gasteiger partial charge in [-0.3, -0.25) is 9.48 Å². The second-order valence-corrected chi connectivity index (χ2v) is 5.16. The summed E-state index contributed by atoms with van der Waals surface area (Å²) in [7, 11) is 0. The molecule has 3 rings (SSSR count). The van der Waals surface area contributed by atoms with Crippen LogP contribution in [0.4, 0.5) is 0 Å². The van der Waals surface area contributed by atoms with Crippen LogP contribution in [0, 0.1) is 6.92 Å². The van der Waals surface area contributed by atoms with E-state index in [0.717, 1.165) is 18.1 Å². The minimum atomic E-state index is 0.0257. The summed E-state index contributed by atoms with van der Waals surface area (Å²) in [4.78, 5) is 18.0. The van der Waals surface area contributed by atoms with Gasteiger partial charge in [-0.1, -0.05) is 0 Å². The lowest BCUT2D eigenvalue weighted by atomic mass is 10.1. The maximum atomic E-state index is 12.0. The first-order valence-corrected chi connectivity index (χ1v) is 6.32. The number of rotatable bonds is 2. The molecule has 0 radical (unpaired) electrons. The molecule has 2 aromatic heterocycles. The summed E-state index contributed by atoms with van der Waals surface area (Å²) < 4.78 is 1.90. The van der Waals surface area contributed by atoms with E-state index in [1.807, 2.05) is 29.2 Å². The summed E-state index contributed by atoms with van der Waals surface area (Å²) in [5.74, 6) is 0.0257. The van der Waals surface area contributed by atoms with Gasteiger partial charge in [0.15, 0.2) is 0 Å². The number of nitrogens with zero attached hydrogens (tertiary/aromatic N) is 4. The van der Waals surface area contributed by atoms with Crippen molar-refractivity contribution in [1.82, 2.24) is 19.7 Å². The zero-order valence-electron chi connectivity index (χ0n) is 9.41. The summed E-state index contributed by atoms with van der Waals surface area (Å²) in [6, 6.07) is 2.21. The van der Waals surface area contributed by atoms with Gasteiger partial charge in [0.1, 0.15) is 5.69 Å². The van der Waals surface area contributed by atoms with E-state index in [9.17, 15) is 4.79 Å². The fraction of sp³-hybridized carbons (Fsp3) is 0.364. The molecule has 1 saturated heterocycles. The number of hydrogen-bond acceptors (Lipinski definition) is 4. The van der Waals surface area contributed by atoms with Crippen LogP contribution in [0.3, 0.4) is 0 Å². The highest BCUT2D eigenvalue weighted by molar-refractivity contribution is 7.09. The highest BCUT2D eigenvalue weighted by atomic mass is 32.1. The van der Waals surface area contributed by atoms with Crippen LogP contribution in [0.2, 0.25) is 0 Å². The molecule has 0 aromatic carbocycles. The molecule has 2 aromatic rings. The summed E-state index contributed by atoms with van der Waals surface area (Å²) >= 11 is 1.51. The van der Waals surface area contributed by atoms with Gasteiger partial charge in [-0.15, -0.1) is 11.3 Å². The van der Waals surface area contributed by atoms with Crippen LogP contribution in [-0.2, 0) is 0 Å². The summed E-state index contributed by atoms with van der Waals surface area (Å²) in [6.45, 7) is 3.35. The highest BCUT2D eigenvalue weighted by Crippen LogP contribution is 2.22. The van der Waals surface area contributed by atoms with Gasteiger partial charge in [-0.05, 0) is 13.0 Å². The molecular weight excluding hydrogens is 236 g/mol. The molecule has 0 unspecified atom stereocenters. The van der Waals surface area contributed by atoms with Gasteiger partial charge in [0.05, 0.1) is 11.0 Å². The van der Waals surface area contributed by atoms with Gasteiger partial charge in [0.2, 0.25) is 0 Å². The Bertz CT molecular complexity index is 527. The van der Waals surface area contributed by atoms with E-state index in [4.69, 9.17) is 0 Å². The Morgan fingerprint density at radius 3 is 2.94 bits per heavy atom. The lowest BCUT2D eigenvalue weighted by Crippen LogP contribution is -2.50. The van der Waals surface area contributed by atoms with Crippen molar-refractivity contribution in [3.63, 3.8) is 0 Å². The Kier molecular flexibility index (Phi) is 2.44. The number of amides is 1. The second kappa shape index (κ2) is 3.96. The Morgan fingerprint density at radius 1 is 1.53 bits per heavy atom. The van der Waals surface area contributed by atoms with Crippen molar-refractivity contribution in [1.29, 1.82) is 0 Å². The fourth-order valence-electron chi connectivity index (χ4n) is 1.91. The SMILES string of the molecule is Cc1nc(C(=O)N2CC(n3cccn3)C2)cs1. The van der Waals surface area contributed by atoms with Crippen molar-refractivity contribution < 1.29 is 4.79 Å². The minimum absolute atomic E-state index is 0.0257. The first kappa shape index (κ1) is 10.5. The first-order chi connectivity index (χ1) is 8.24. The zero-order chi connectivity index (χ0) is 11.8. The number of carbonyl (C=O) groups is 1. The van der Waals surface area contributed by atoms with Crippen molar-refractivity contribution >= 4 is 17.2 Å². The predicted molar refractivity (Wildman–Crippen MR) is 64.0 cm³/mol. The van der Waals surface area contributed by atoms with E-state index < -0.39 is 0 Å². The van der Waals surface area contributed by atoms with E-state index in [0.29, 0.717) is 11.7 Å². The van der Waals surface area contributed by atoms with Crippen molar-refractivity contribution in [2.24, 2.45) is 0 Å². The number of likely N-dealkylation sites (tertiary alicyclic amines) is 1. The van der Waals surface area contributed by atoms with Gasteiger partial charge in [0.25, 0.3) is 5.91 Å². The van der Waals surface area contributed by atoms with E-state index in [1.54, 1.807) is 11.1 Å². The van der Waals surface area contributed by atoms with Crippen LogP contribution in [0.15, 0.2) is 23.8 Å². The van der Waals surface area contributed by atoms with Gasteiger partial charge < -0.3 is 4.90 Å². The maximum absolute atomic E-state index is 12.0. The molecule has 0 bridgehead atoms. The molecule has 1 amide bonds. The lowest BCUT2D eigenvalue weighted by Gasteiger charge is -2.38. The molecule has 0 spiro atoms. The molecular formula is C11H12N4OS. The molecule has 1 aliphatic heterocycles. The van der Waals surface area contributed by atoms with Crippen LogP contribution < -0.4 is 0 Å². The monoisotopic (exact) mass is 248 g/mol. The summed E-state index contributed by atoms with van der Waals surface area (Å²) in [6.07, 6.45) is 3.69. The highest BCUT2D eigenvalue weighted by Gasteiger charge is 2.33. The molecule has 1 fully saturated rings. The Hall–Kier alpha value is -1.69. The van der Waals surface area contributed by atoms with Crippen LogP contribution >= 0.6 is 11.3 Å². The van der Waals surface area contributed by atoms with E-state index in [2.05, 4.69) is 10.1 Å². The number of carbonyl (C=O) groups excluding carboxylic acids is 1. The van der Waals surface area contributed by atoms with Crippen LogP contribution in [0.1, 0.15) is 21.5 Å². The Morgan fingerprint density at radius 2 is 2.35 bits per heavy atom. The third kappa shape index (κ3) is 1.84. The van der Waals surface area contributed by atoms with Crippen molar-refractivity contribution in [3.05, 3.63) is 34.5 Å². The van der Waals surface area contributed by atoms with Crippen LogP contribution in [0.25, 0.3) is 0 Å². The fourth-order valence-corrected chi connectivity index (χ4v) is 2.50. The molecule has 1 aliphatic rings. The van der Waals surface area contributed by atoms with Crippen LogP contribution in [0.5, 0.6) is 0 Å². The largest absolute Gasteiger partial charge is 0.333 e. The van der Waals surface area contributed by atoms with Gasteiger partial charge in [0, 0.05) is 30.9 Å². The molecule has 88 valence electrons. The second-order valence-electron chi connectivity index (χ2n) is 4.10. The molecule has 0 N–H and O–H groups in total. The quantitative estimate of drug-likeness (QED) is 0.806. The van der Waals surface area contributed by atoms with Crippen molar-refractivity contribution in [2.75, 3.05) is 13.1 Å². The first-order valence-electron chi connectivity index (χ1n) is 5.44. The third-order valence-electron chi connectivity index (χ3n) is 2.89. The number of hydrogen-bond donors (Lipinski definition) is 0. The summed E-state index contributed by atoms with van der Waals surface area (Å²) in [5.41, 5.74) is 0.561. The van der Waals surface area contributed by atoms with Gasteiger partial charge in [-0.25, -0.2) is 4.98 Å². The number of aromatic nitrogens is 3. The molecule has 17 heavy (non-hydrogen) atoms. The molecule has 0 saturated carbocycles. The molecule has 6 heteroatoms. The standard InChI is InChI=1S/C11H12N4OS/c1-8-13-10(7-17-8)11(16)14-5-9(6-14)15-4-2-3-12-15/h2-4,7,9H,5-6H2,1H3. The van der Waals surface area contributed by atoms with Gasteiger partial charge >= 0.3 is 0 Å². The zero-order valence-corrected chi connectivity index (χ0v) is 10.2. The molecule has 3 heterocycles. The Balaban J connectivity index is 1.64. The van der Waals surface area contributed by atoms with E-state index in [-0.39, 0.29) is 5.91 Å². The number of thiazole rings is 1.